The van der Waals surface area contributed by atoms with Crippen LogP contribution in [0.5, 0.6) is 0 Å². The Hall–Kier alpha value is -0.280. The van der Waals surface area contributed by atoms with Gasteiger partial charge in [-0.3, -0.25) is 4.79 Å². The Morgan fingerprint density at radius 1 is 1.44 bits per heavy atom. The van der Waals surface area contributed by atoms with Crippen LogP contribution in [0.2, 0.25) is 0 Å². The van der Waals surface area contributed by atoms with Gasteiger partial charge in [-0.25, -0.2) is 0 Å². The normalized spacial score (nSPS) is 38.9. The number of carbonyl (C=O) groups is 1. The molecule has 2 rings (SSSR count). The standard InChI is InChI=1S/C12H20ClNO2/c1-8-5-6-16-11(8)12(15)14-10-4-2-3-9(10)7-13/h8-11H,2-7H2,1H3,(H,14,15). The predicted molar refractivity (Wildman–Crippen MR) is 63.5 cm³/mol. The van der Waals surface area contributed by atoms with Crippen molar-refractivity contribution in [2.45, 2.75) is 44.8 Å². The third kappa shape index (κ3) is 2.51. The fraction of sp³-hybridized carbons (Fsp3) is 0.917. The molecule has 92 valence electrons. The second-order valence-electron chi connectivity index (χ2n) is 5.02. The topological polar surface area (TPSA) is 38.3 Å². The summed E-state index contributed by atoms with van der Waals surface area (Å²) in [5.74, 6) is 1.50. The Kier molecular flexibility index (Phi) is 4.09. The van der Waals surface area contributed by atoms with E-state index in [4.69, 9.17) is 16.3 Å². The highest BCUT2D eigenvalue weighted by Crippen LogP contribution is 2.27. The average Bonchev–Trinajstić information content (AvgIpc) is 2.86. The van der Waals surface area contributed by atoms with Crippen molar-refractivity contribution in [3.05, 3.63) is 0 Å². The molecule has 0 bridgehead atoms. The molecule has 0 radical (unpaired) electrons. The van der Waals surface area contributed by atoms with Crippen molar-refractivity contribution in [2.24, 2.45) is 11.8 Å². The molecule has 4 heteroatoms. The lowest BCUT2D eigenvalue weighted by molar-refractivity contribution is -0.132. The third-order valence-corrected chi connectivity index (χ3v) is 4.23. The summed E-state index contributed by atoms with van der Waals surface area (Å²) in [5, 5.41) is 3.10. The lowest BCUT2D eigenvalue weighted by Gasteiger charge is -2.22. The zero-order chi connectivity index (χ0) is 11.5. The molecule has 1 amide bonds. The Bertz CT molecular complexity index is 259. The minimum Gasteiger partial charge on any atom is -0.368 e. The first-order valence-corrected chi connectivity index (χ1v) is 6.73. The van der Waals surface area contributed by atoms with Crippen molar-refractivity contribution in [3.63, 3.8) is 0 Å². The lowest BCUT2D eigenvalue weighted by Crippen LogP contribution is -2.44. The number of rotatable bonds is 3. The van der Waals surface area contributed by atoms with Crippen LogP contribution in [0.1, 0.15) is 32.6 Å². The van der Waals surface area contributed by atoms with Gasteiger partial charge in [0.25, 0.3) is 0 Å². The summed E-state index contributed by atoms with van der Waals surface area (Å²) in [4.78, 5) is 12.0. The van der Waals surface area contributed by atoms with Crippen molar-refractivity contribution in [1.82, 2.24) is 5.32 Å². The number of halogens is 1. The van der Waals surface area contributed by atoms with Crippen LogP contribution in [0.25, 0.3) is 0 Å². The monoisotopic (exact) mass is 245 g/mol. The van der Waals surface area contributed by atoms with Gasteiger partial charge in [0.1, 0.15) is 6.10 Å². The van der Waals surface area contributed by atoms with Crippen molar-refractivity contribution < 1.29 is 9.53 Å². The van der Waals surface area contributed by atoms with Crippen LogP contribution in [0.3, 0.4) is 0 Å². The summed E-state index contributed by atoms with van der Waals surface area (Å²) in [6.45, 7) is 2.79. The van der Waals surface area contributed by atoms with E-state index in [-0.39, 0.29) is 18.1 Å². The van der Waals surface area contributed by atoms with Crippen LogP contribution in [0.15, 0.2) is 0 Å². The van der Waals surface area contributed by atoms with Gasteiger partial charge in [-0.1, -0.05) is 13.3 Å². The van der Waals surface area contributed by atoms with Crippen LogP contribution in [-0.4, -0.2) is 30.5 Å². The van der Waals surface area contributed by atoms with Gasteiger partial charge >= 0.3 is 0 Å². The number of alkyl halides is 1. The van der Waals surface area contributed by atoms with Gasteiger partial charge in [-0.15, -0.1) is 11.6 Å². The molecule has 2 aliphatic rings. The summed E-state index contributed by atoms with van der Waals surface area (Å²) < 4.78 is 5.46. The second kappa shape index (κ2) is 5.37. The molecule has 1 aliphatic heterocycles. The Morgan fingerprint density at radius 3 is 2.88 bits per heavy atom. The number of hydrogen-bond donors (Lipinski definition) is 1. The first kappa shape index (κ1) is 12.2. The molecule has 0 aromatic rings. The summed E-state index contributed by atoms with van der Waals surface area (Å²) in [6.07, 6.45) is 4.11. The Morgan fingerprint density at radius 2 is 2.25 bits per heavy atom. The predicted octanol–water partition coefficient (Wildman–Crippen LogP) is 1.94. The van der Waals surface area contributed by atoms with Gasteiger partial charge in [0.05, 0.1) is 0 Å². The SMILES string of the molecule is CC1CCOC1C(=O)NC1CCCC1CCl. The maximum atomic E-state index is 12.0. The molecule has 0 spiro atoms. The van der Waals surface area contributed by atoms with Crippen LogP contribution in [0, 0.1) is 11.8 Å². The molecule has 0 aromatic heterocycles. The largest absolute Gasteiger partial charge is 0.368 e. The molecule has 1 heterocycles. The molecule has 4 unspecified atom stereocenters. The zero-order valence-electron chi connectivity index (χ0n) is 9.75. The van der Waals surface area contributed by atoms with E-state index in [1.54, 1.807) is 0 Å². The number of nitrogens with one attached hydrogen (secondary N) is 1. The summed E-state index contributed by atoms with van der Waals surface area (Å²) >= 11 is 5.89. The van der Waals surface area contributed by atoms with Crippen molar-refractivity contribution >= 4 is 17.5 Å². The fourth-order valence-electron chi connectivity index (χ4n) is 2.71. The van der Waals surface area contributed by atoms with Crippen LogP contribution < -0.4 is 5.32 Å². The molecule has 1 saturated carbocycles. The van der Waals surface area contributed by atoms with Gasteiger partial charge in [-0.05, 0) is 31.1 Å². The zero-order valence-corrected chi connectivity index (χ0v) is 10.5. The molecule has 16 heavy (non-hydrogen) atoms. The van der Waals surface area contributed by atoms with Gasteiger partial charge in [-0.2, -0.15) is 0 Å². The second-order valence-corrected chi connectivity index (χ2v) is 5.33. The van der Waals surface area contributed by atoms with Gasteiger partial charge < -0.3 is 10.1 Å². The average molecular weight is 246 g/mol. The van der Waals surface area contributed by atoms with E-state index >= 15 is 0 Å². The molecule has 1 aliphatic carbocycles. The molecule has 3 nitrogen and oxygen atoms in total. The minimum absolute atomic E-state index is 0.0621. The molecule has 1 saturated heterocycles. The van der Waals surface area contributed by atoms with Crippen LogP contribution in [-0.2, 0) is 9.53 Å². The number of amides is 1. The van der Waals surface area contributed by atoms with Gasteiger partial charge in [0.15, 0.2) is 0 Å². The molecule has 4 atom stereocenters. The quantitative estimate of drug-likeness (QED) is 0.772. The van der Waals surface area contributed by atoms with Crippen molar-refractivity contribution in [3.8, 4) is 0 Å². The van der Waals surface area contributed by atoms with E-state index in [0.717, 1.165) is 19.3 Å². The molecular formula is C12H20ClNO2. The minimum atomic E-state index is -0.239. The van der Waals surface area contributed by atoms with Crippen molar-refractivity contribution in [2.75, 3.05) is 12.5 Å². The third-order valence-electron chi connectivity index (χ3n) is 3.83. The van der Waals surface area contributed by atoms with E-state index in [1.165, 1.54) is 6.42 Å². The lowest BCUT2D eigenvalue weighted by atomic mass is 10.0. The van der Waals surface area contributed by atoms with Gasteiger partial charge in [0.2, 0.25) is 5.91 Å². The van der Waals surface area contributed by atoms with Gasteiger partial charge in [0, 0.05) is 18.5 Å². The van der Waals surface area contributed by atoms with E-state index in [0.29, 0.717) is 24.3 Å². The Balaban J connectivity index is 1.86. The van der Waals surface area contributed by atoms with Crippen LogP contribution >= 0.6 is 11.6 Å². The first-order chi connectivity index (χ1) is 7.72. The van der Waals surface area contributed by atoms with Crippen molar-refractivity contribution in [1.29, 1.82) is 0 Å². The van der Waals surface area contributed by atoms with Crippen LogP contribution in [0.4, 0.5) is 0 Å². The summed E-state index contributed by atoms with van der Waals surface area (Å²) in [5.41, 5.74) is 0. The van der Waals surface area contributed by atoms with E-state index in [9.17, 15) is 4.79 Å². The maximum absolute atomic E-state index is 12.0. The maximum Gasteiger partial charge on any atom is 0.249 e. The molecule has 1 N–H and O–H groups in total. The summed E-state index contributed by atoms with van der Waals surface area (Å²) in [6, 6.07) is 0.265. The molecule has 2 fully saturated rings. The number of carbonyl (C=O) groups excluding carboxylic acids is 1. The Labute approximate surface area is 102 Å². The highest BCUT2D eigenvalue weighted by molar-refractivity contribution is 6.18. The molecular weight excluding hydrogens is 226 g/mol. The highest BCUT2D eigenvalue weighted by Gasteiger charge is 2.34. The number of hydrogen-bond acceptors (Lipinski definition) is 2. The fourth-order valence-corrected chi connectivity index (χ4v) is 3.08. The number of ether oxygens (including phenoxy) is 1. The first-order valence-electron chi connectivity index (χ1n) is 6.20. The summed E-state index contributed by atoms with van der Waals surface area (Å²) in [7, 11) is 0. The highest BCUT2D eigenvalue weighted by atomic mass is 35.5. The molecule has 0 aromatic carbocycles. The van der Waals surface area contributed by atoms with E-state index < -0.39 is 0 Å². The smallest absolute Gasteiger partial charge is 0.249 e. The van der Waals surface area contributed by atoms with E-state index in [2.05, 4.69) is 12.2 Å². The van der Waals surface area contributed by atoms with E-state index in [1.807, 2.05) is 0 Å².